The smallest absolute Gasteiger partial charge is 0.306 e. The first-order valence-corrected chi connectivity index (χ1v) is 5.94. The van der Waals surface area contributed by atoms with Gasteiger partial charge in [0.05, 0.1) is 24.3 Å². The monoisotopic (exact) mass is 300 g/mol. The van der Waals surface area contributed by atoms with Crippen LogP contribution in [-0.4, -0.2) is 23.5 Å². The predicted molar refractivity (Wildman–Crippen MR) is 65.4 cm³/mol. The highest BCUT2D eigenvalue weighted by Crippen LogP contribution is 2.19. The lowest BCUT2D eigenvalue weighted by molar-refractivity contribution is -0.143. The van der Waals surface area contributed by atoms with E-state index in [9.17, 15) is 9.59 Å². The van der Waals surface area contributed by atoms with Crippen LogP contribution in [0.5, 0.6) is 0 Å². The SMILES string of the molecule is CCOC(=O)CCc1nccc(Br)c1C(N)=O. The molecular weight excluding hydrogens is 288 g/mol. The Morgan fingerprint density at radius 3 is 2.82 bits per heavy atom. The first-order chi connectivity index (χ1) is 8.06. The Morgan fingerprint density at radius 2 is 2.24 bits per heavy atom. The summed E-state index contributed by atoms with van der Waals surface area (Å²) >= 11 is 3.23. The molecule has 1 aromatic heterocycles. The summed E-state index contributed by atoms with van der Waals surface area (Å²) in [6.45, 7) is 2.08. The Kier molecular flexibility index (Phi) is 5.09. The Morgan fingerprint density at radius 1 is 1.53 bits per heavy atom. The summed E-state index contributed by atoms with van der Waals surface area (Å²) in [4.78, 5) is 26.5. The first-order valence-electron chi connectivity index (χ1n) is 5.15. The summed E-state index contributed by atoms with van der Waals surface area (Å²) in [7, 11) is 0. The molecule has 0 aliphatic heterocycles. The molecule has 17 heavy (non-hydrogen) atoms. The van der Waals surface area contributed by atoms with Crippen LogP contribution in [0.1, 0.15) is 29.4 Å². The Labute approximate surface area is 107 Å². The van der Waals surface area contributed by atoms with Crippen molar-refractivity contribution in [3.05, 3.63) is 28.0 Å². The number of primary amides is 1. The van der Waals surface area contributed by atoms with Crippen LogP contribution < -0.4 is 5.73 Å². The average molecular weight is 301 g/mol. The second kappa shape index (κ2) is 6.34. The molecule has 0 aliphatic carbocycles. The highest BCUT2D eigenvalue weighted by Gasteiger charge is 2.14. The zero-order chi connectivity index (χ0) is 12.8. The molecule has 0 saturated heterocycles. The molecular formula is C11H13BrN2O3. The van der Waals surface area contributed by atoms with Gasteiger partial charge in [-0.25, -0.2) is 0 Å². The van der Waals surface area contributed by atoms with Crippen molar-refractivity contribution in [2.45, 2.75) is 19.8 Å². The molecule has 0 aromatic carbocycles. The highest BCUT2D eigenvalue weighted by molar-refractivity contribution is 9.10. The summed E-state index contributed by atoms with van der Waals surface area (Å²) in [5.74, 6) is -0.881. The number of rotatable bonds is 5. The zero-order valence-electron chi connectivity index (χ0n) is 9.40. The van der Waals surface area contributed by atoms with E-state index in [4.69, 9.17) is 10.5 Å². The summed E-state index contributed by atoms with van der Waals surface area (Å²) < 4.78 is 5.38. The summed E-state index contributed by atoms with van der Waals surface area (Å²) in [6.07, 6.45) is 2.06. The summed E-state index contributed by atoms with van der Waals surface area (Å²) in [5, 5.41) is 0. The Hall–Kier alpha value is -1.43. The van der Waals surface area contributed by atoms with E-state index in [2.05, 4.69) is 20.9 Å². The third-order valence-corrected chi connectivity index (χ3v) is 2.76. The maximum absolute atomic E-state index is 11.2. The van der Waals surface area contributed by atoms with Crippen molar-refractivity contribution < 1.29 is 14.3 Å². The van der Waals surface area contributed by atoms with Gasteiger partial charge in [-0.05, 0) is 28.9 Å². The van der Waals surface area contributed by atoms with Crippen molar-refractivity contribution in [1.82, 2.24) is 4.98 Å². The highest BCUT2D eigenvalue weighted by atomic mass is 79.9. The van der Waals surface area contributed by atoms with E-state index in [0.29, 0.717) is 28.8 Å². The lowest BCUT2D eigenvalue weighted by Gasteiger charge is -2.07. The van der Waals surface area contributed by atoms with Crippen molar-refractivity contribution in [2.24, 2.45) is 5.73 Å². The summed E-state index contributed by atoms with van der Waals surface area (Å²) in [6, 6.07) is 1.63. The van der Waals surface area contributed by atoms with Crippen LogP contribution in [0.25, 0.3) is 0 Å². The third kappa shape index (κ3) is 3.81. The number of aromatic nitrogens is 1. The number of ether oxygens (including phenoxy) is 1. The molecule has 0 fully saturated rings. The van der Waals surface area contributed by atoms with Gasteiger partial charge >= 0.3 is 5.97 Å². The Bertz CT molecular complexity index is 435. The number of amides is 1. The lowest BCUT2D eigenvalue weighted by atomic mass is 10.1. The van der Waals surface area contributed by atoms with Gasteiger partial charge in [0.25, 0.3) is 5.91 Å². The van der Waals surface area contributed by atoms with E-state index < -0.39 is 5.91 Å². The van der Waals surface area contributed by atoms with Crippen LogP contribution in [0, 0.1) is 0 Å². The van der Waals surface area contributed by atoms with Crippen molar-refractivity contribution in [1.29, 1.82) is 0 Å². The number of esters is 1. The van der Waals surface area contributed by atoms with E-state index in [-0.39, 0.29) is 12.4 Å². The van der Waals surface area contributed by atoms with Gasteiger partial charge in [0.15, 0.2) is 0 Å². The molecule has 1 amide bonds. The number of nitrogens with two attached hydrogens (primary N) is 1. The maximum atomic E-state index is 11.2. The van der Waals surface area contributed by atoms with E-state index in [1.54, 1.807) is 19.2 Å². The van der Waals surface area contributed by atoms with Gasteiger partial charge in [-0.2, -0.15) is 0 Å². The average Bonchev–Trinajstić information content (AvgIpc) is 2.26. The molecule has 1 rings (SSSR count). The number of aryl methyl sites for hydroxylation is 1. The number of carbonyl (C=O) groups excluding carboxylic acids is 2. The minimum atomic E-state index is -0.566. The molecule has 1 heterocycles. The van der Waals surface area contributed by atoms with Gasteiger partial charge in [0.1, 0.15) is 0 Å². The summed E-state index contributed by atoms with van der Waals surface area (Å²) in [5.41, 5.74) is 6.07. The molecule has 0 spiro atoms. The number of pyridine rings is 1. The molecule has 1 aromatic rings. The quantitative estimate of drug-likeness (QED) is 0.834. The van der Waals surface area contributed by atoms with Crippen LogP contribution >= 0.6 is 15.9 Å². The van der Waals surface area contributed by atoms with Gasteiger partial charge in [0.2, 0.25) is 0 Å². The first kappa shape index (κ1) is 13.6. The van der Waals surface area contributed by atoms with Gasteiger partial charge in [-0.15, -0.1) is 0 Å². The van der Waals surface area contributed by atoms with E-state index in [1.165, 1.54) is 0 Å². The topological polar surface area (TPSA) is 82.3 Å². The largest absolute Gasteiger partial charge is 0.466 e. The molecule has 0 atom stereocenters. The normalized spacial score (nSPS) is 10.0. The molecule has 0 radical (unpaired) electrons. The second-order valence-corrected chi connectivity index (χ2v) is 4.14. The number of halogens is 1. The van der Waals surface area contributed by atoms with E-state index in [1.807, 2.05) is 0 Å². The van der Waals surface area contributed by atoms with Crippen LogP contribution in [-0.2, 0) is 16.0 Å². The standard InChI is InChI=1S/C11H13BrN2O3/c1-2-17-9(15)4-3-8-10(11(13)16)7(12)5-6-14-8/h5-6H,2-4H2,1H3,(H2,13,16). The van der Waals surface area contributed by atoms with E-state index >= 15 is 0 Å². The molecule has 0 saturated carbocycles. The molecule has 6 heteroatoms. The fourth-order valence-corrected chi connectivity index (χ4v) is 1.92. The fraction of sp³-hybridized carbons (Fsp3) is 0.364. The van der Waals surface area contributed by atoms with Crippen LogP contribution in [0.15, 0.2) is 16.7 Å². The molecule has 0 bridgehead atoms. The zero-order valence-corrected chi connectivity index (χ0v) is 11.0. The minimum absolute atomic E-state index is 0.178. The number of nitrogens with zero attached hydrogens (tertiary/aromatic N) is 1. The number of hydrogen-bond donors (Lipinski definition) is 1. The third-order valence-electron chi connectivity index (χ3n) is 2.10. The van der Waals surface area contributed by atoms with Crippen molar-refractivity contribution >= 4 is 27.8 Å². The molecule has 2 N–H and O–H groups in total. The van der Waals surface area contributed by atoms with Gasteiger partial charge in [0, 0.05) is 17.1 Å². The van der Waals surface area contributed by atoms with Gasteiger partial charge in [-0.3, -0.25) is 14.6 Å². The second-order valence-electron chi connectivity index (χ2n) is 3.28. The van der Waals surface area contributed by atoms with Crippen molar-refractivity contribution in [3.8, 4) is 0 Å². The van der Waals surface area contributed by atoms with Crippen LogP contribution in [0.2, 0.25) is 0 Å². The van der Waals surface area contributed by atoms with Crippen molar-refractivity contribution in [2.75, 3.05) is 6.61 Å². The molecule has 0 aliphatic rings. The Balaban J connectivity index is 2.81. The maximum Gasteiger partial charge on any atom is 0.306 e. The number of carbonyl (C=O) groups is 2. The van der Waals surface area contributed by atoms with Crippen LogP contribution in [0.4, 0.5) is 0 Å². The minimum Gasteiger partial charge on any atom is -0.466 e. The van der Waals surface area contributed by atoms with Gasteiger partial charge < -0.3 is 10.5 Å². The predicted octanol–water partition coefficient (Wildman–Crippen LogP) is 1.44. The van der Waals surface area contributed by atoms with Crippen LogP contribution in [0.3, 0.4) is 0 Å². The fourth-order valence-electron chi connectivity index (χ4n) is 1.38. The number of hydrogen-bond acceptors (Lipinski definition) is 4. The lowest BCUT2D eigenvalue weighted by Crippen LogP contribution is -2.16. The molecule has 0 unspecified atom stereocenters. The molecule has 5 nitrogen and oxygen atoms in total. The van der Waals surface area contributed by atoms with E-state index in [0.717, 1.165) is 0 Å². The van der Waals surface area contributed by atoms with Gasteiger partial charge in [-0.1, -0.05) is 0 Å². The molecule has 92 valence electrons. The van der Waals surface area contributed by atoms with Crippen molar-refractivity contribution in [3.63, 3.8) is 0 Å².